The Hall–Kier alpha value is -0.700. The molecule has 70 valence electrons. The molecule has 1 unspecified atom stereocenters. The van der Waals surface area contributed by atoms with E-state index in [-0.39, 0.29) is 5.82 Å². The lowest BCUT2D eigenvalue weighted by molar-refractivity contribution is 0.626. The molecule has 0 saturated heterocycles. The monoisotopic (exact) mass is 198 g/mol. The van der Waals surface area contributed by atoms with Crippen LogP contribution in [0.3, 0.4) is 0 Å². The highest BCUT2D eigenvalue weighted by Crippen LogP contribution is 2.30. The van der Waals surface area contributed by atoms with Crippen LogP contribution in [0.2, 0.25) is 0 Å². The number of hydrogen-bond acceptors (Lipinski definition) is 1. The Morgan fingerprint density at radius 2 is 1.92 bits per heavy atom. The maximum absolute atomic E-state index is 12.5. The predicted molar refractivity (Wildman–Crippen MR) is 50.4 cm³/mol. The van der Waals surface area contributed by atoms with Crippen molar-refractivity contribution in [1.82, 2.24) is 0 Å². The van der Waals surface area contributed by atoms with Crippen molar-refractivity contribution in [2.75, 3.05) is 5.75 Å². The molecular formula is C10H11FOS. The zero-order valence-electron chi connectivity index (χ0n) is 7.20. The Morgan fingerprint density at radius 3 is 2.46 bits per heavy atom. The number of halogens is 1. The Morgan fingerprint density at radius 1 is 1.31 bits per heavy atom. The molecule has 0 aliphatic heterocycles. The van der Waals surface area contributed by atoms with Gasteiger partial charge in [0.15, 0.2) is 0 Å². The molecule has 0 spiro atoms. The molecule has 0 radical (unpaired) electrons. The van der Waals surface area contributed by atoms with Crippen LogP contribution >= 0.6 is 0 Å². The van der Waals surface area contributed by atoms with Crippen LogP contribution in [0.15, 0.2) is 29.2 Å². The first-order valence-electron chi connectivity index (χ1n) is 4.39. The van der Waals surface area contributed by atoms with Gasteiger partial charge in [-0.2, -0.15) is 0 Å². The summed E-state index contributed by atoms with van der Waals surface area (Å²) in [5.41, 5.74) is 0. The third-order valence-electron chi connectivity index (χ3n) is 2.16. The molecule has 1 fully saturated rings. The Bertz CT molecular complexity index is 316. The normalized spacial score (nSPS) is 18.5. The Balaban J connectivity index is 2.05. The minimum atomic E-state index is -0.926. The maximum Gasteiger partial charge on any atom is 0.123 e. The van der Waals surface area contributed by atoms with E-state index in [1.54, 1.807) is 12.1 Å². The molecule has 1 aromatic carbocycles. The van der Waals surface area contributed by atoms with Gasteiger partial charge < -0.3 is 0 Å². The molecule has 13 heavy (non-hydrogen) atoms. The van der Waals surface area contributed by atoms with Gasteiger partial charge >= 0.3 is 0 Å². The molecule has 0 aromatic heterocycles. The van der Waals surface area contributed by atoms with Crippen molar-refractivity contribution >= 4 is 10.8 Å². The predicted octanol–water partition coefficient (Wildman–Crippen LogP) is 2.34. The number of hydrogen-bond donors (Lipinski definition) is 0. The van der Waals surface area contributed by atoms with Gasteiger partial charge in [-0.25, -0.2) is 4.39 Å². The van der Waals surface area contributed by atoms with Crippen molar-refractivity contribution in [3.8, 4) is 0 Å². The molecule has 1 aliphatic rings. The van der Waals surface area contributed by atoms with Crippen LogP contribution in [-0.2, 0) is 10.8 Å². The fourth-order valence-corrected chi connectivity index (χ4v) is 2.57. The van der Waals surface area contributed by atoms with Crippen molar-refractivity contribution in [2.24, 2.45) is 5.92 Å². The Labute approximate surface area is 79.4 Å². The van der Waals surface area contributed by atoms with Crippen molar-refractivity contribution < 1.29 is 8.60 Å². The third kappa shape index (κ3) is 2.37. The first-order chi connectivity index (χ1) is 6.25. The summed E-state index contributed by atoms with van der Waals surface area (Å²) >= 11 is 0. The molecule has 1 nitrogen and oxygen atoms in total. The van der Waals surface area contributed by atoms with Crippen molar-refractivity contribution in [3.05, 3.63) is 30.1 Å². The third-order valence-corrected chi connectivity index (χ3v) is 3.73. The van der Waals surface area contributed by atoms with Crippen LogP contribution in [0.4, 0.5) is 4.39 Å². The van der Waals surface area contributed by atoms with E-state index in [4.69, 9.17) is 0 Å². The number of rotatable bonds is 3. The average Bonchev–Trinajstić information content (AvgIpc) is 2.89. The molecule has 0 amide bonds. The van der Waals surface area contributed by atoms with E-state index in [0.717, 1.165) is 10.6 Å². The fraction of sp³-hybridized carbons (Fsp3) is 0.400. The summed E-state index contributed by atoms with van der Waals surface area (Å²) in [6.45, 7) is 0. The highest BCUT2D eigenvalue weighted by atomic mass is 32.2. The molecule has 1 atom stereocenters. The average molecular weight is 198 g/mol. The van der Waals surface area contributed by atoms with E-state index in [9.17, 15) is 8.60 Å². The molecule has 1 saturated carbocycles. The highest BCUT2D eigenvalue weighted by molar-refractivity contribution is 7.85. The summed E-state index contributed by atoms with van der Waals surface area (Å²) < 4.78 is 24.1. The smallest absolute Gasteiger partial charge is 0.123 e. The second kappa shape index (κ2) is 3.58. The summed E-state index contributed by atoms with van der Waals surface area (Å²) in [6, 6.07) is 5.93. The van der Waals surface area contributed by atoms with Gasteiger partial charge in [-0.05, 0) is 43.0 Å². The van der Waals surface area contributed by atoms with E-state index in [1.807, 2.05) is 0 Å². The van der Waals surface area contributed by atoms with Gasteiger partial charge in [0.25, 0.3) is 0 Å². The van der Waals surface area contributed by atoms with Crippen LogP contribution in [0.5, 0.6) is 0 Å². The number of benzene rings is 1. The zero-order valence-corrected chi connectivity index (χ0v) is 8.02. The quantitative estimate of drug-likeness (QED) is 0.728. The summed E-state index contributed by atoms with van der Waals surface area (Å²) in [7, 11) is -0.926. The zero-order chi connectivity index (χ0) is 9.26. The minimum Gasteiger partial charge on any atom is -0.254 e. The van der Waals surface area contributed by atoms with Crippen molar-refractivity contribution in [3.63, 3.8) is 0 Å². The molecule has 1 aromatic rings. The molecule has 0 heterocycles. The first kappa shape index (κ1) is 8.88. The molecule has 2 rings (SSSR count). The molecule has 3 heteroatoms. The van der Waals surface area contributed by atoms with E-state index in [1.165, 1.54) is 25.0 Å². The van der Waals surface area contributed by atoms with Crippen molar-refractivity contribution in [2.45, 2.75) is 17.7 Å². The lowest BCUT2D eigenvalue weighted by atomic mass is 10.4. The summed E-state index contributed by atoms with van der Waals surface area (Å²) in [5.74, 6) is 1.11. The van der Waals surface area contributed by atoms with E-state index in [0.29, 0.717) is 5.92 Å². The summed E-state index contributed by atoms with van der Waals surface area (Å²) in [4.78, 5) is 0.744. The van der Waals surface area contributed by atoms with Gasteiger partial charge in [-0.15, -0.1) is 0 Å². The largest absolute Gasteiger partial charge is 0.254 e. The molecule has 0 bridgehead atoms. The SMILES string of the molecule is O=S(CC1CC1)c1ccc(F)cc1. The molecule has 0 N–H and O–H groups in total. The maximum atomic E-state index is 12.5. The Kier molecular flexibility index (Phi) is 2.44. The van der Waals surface area contributed by atoms with Gasteiger partial charge in [-0.3, -0.25) is 4.21 Å². The van der Waals surface area contributed by atoms with Crippen LogP contribution in [-0.4, -0.2) is 9.96 Å². The molecular weight excluding hydrogens is 187 g/mol. The van der Waals surface area contributed by atoms with Crippen LogP contribution < -0.4 is 0 Å². The lowest BCUT2D eigenvalue weighted by Crippen LogP contribution is -1.99. The second-order valence-corrected chi connectivity index (χ2v) is 4.91. The minimum absolute atomic E-state index is 0.271. The van der Waals surface area contributed by atoms with Crippen LogP contribution in [0.1, 0.15) is 12.8 Å². The fourth-order valence-electron chi connectivity index (χ4n) is 1.18. The summed E-state index contributed by atoms with van der Waals surface area (Å²) in [6.07, 6.45) is 2.40. The van der Waals surface area contributed by atoms with Gasteiger partial charge in [0.05, 0.1) is 10.8 Å². The first-order valence-corrected chi connectivity index (χ1v) is 5.71. The van der Waals surface area contributed by atoms with E-state index < -0.39 is 10.8 Å². The van der Waals surface area contributed by atoms with Gasteiger partial charge in [0.2, 0.25) is 0 Å². The topological polar surface area (TPSA) is 17.1 Å². The lowest BCUT2D eigenvalue weighted by Gasteiger charge is -1.99. The standard InChI is InChI=1S/C10H11FOS/c11-9-3-5-10(6-4-9)13(12)7-8-1-2-8/h3-6,8H,1-2,7H2. The molecule has 1 aliphatic carbocycles. The van der Waals surface area contributed by atoms with Crippen molar-refractivity contribution in [1.29, 1.82) is 0 Å². The van der Waals surface area contributed by atoms with Crippen LogP contribution in [0.25, 0.3) is 0 Å². The summed E-state index contributed by atoms with van der Waals surface area (Å²) in [5, 5.41) is 0. The van der Waals surface area contributed by atoms with Crippen LogP contribution in [0, 0.1) is 11.7 Å². The van der Waals surface area contributed by atoms with Gasteiger partial charge in [0, 0.05) is 10.6 Å². The highest BCUT2D eigenvalue weighted by Gasteiger charge is 2.24. The van der Waals surface area contributed by atoms with Gasteiger partial charge in [0.1, 0.15) is 5.82 Å². The van der Waals surface area contributed by atoms with Gasteiger partial charge in [-0.1, -0.05) is 0 Å². The second-order valence-electron chi connectivity index (χ2n) is 3.41. The van der Waals surface area contributed by atoms with E-state index >= 15 is 0 Å². The van der Waals surface area contributed by atoms with E-state index in [2.05, 4.69) is 0 Å².